The molecule has 2 N–H and O–H groups in total. The first kappa shape index (κ1) is 19.0. The lowest BCUT2D eigenvalue weighted by atomic mass is 10.1. The molecule has 1 fully saturated rings. The number of imide groups is 1. The molecule has 1 aliphatic carbocycles. The second-order valence-electron chi connectivity index (χ2n) is 7.31. The Kier molecular flexibility index (Phi) is 6.22. The Morgan fingerprint density at radius 2 is 1.84 bits per heavy atom. The monoisotopic (exact) mass is 349 g/mol. The summed E-state index contributed by atoms with van der Waals surface area (Å²) in [5, 5.41) is 5.14. The summed E-state index contributed by atoms with van der Waals surface area (Å²) in [6.45, 7) is 6.52. The smallest absolute Gasteiger partial charge is 0.410 e. The molecule has 1 aliphatic heterocycles. The molecule has 0 bridgehead atoms. The highest BCUT2D eigenvalue weighted by atomic mass is 16.6. The minimum absolute atomic E-state index is 0.0673. The molecular weight excluding hydrogens is 322 g/mol. The van der Waals surface area contributed by atoms with Crippen molar-refractivity contribution in [3.63, 3.8) is 0 Å². The van der Waals surface area contributed by atoms with Gasteiger partial charge in [-0.15, -0.1) is 0 Å². The van der Waals surface area contributed by atoms with Gasteiger partial charge in [0.05, 0.1) is 0 Å². The number of allylic oxidation sites excluding steroid dienone is 2. The Morgan fingerprint density at radius 1 is 1.16 bits per heavy atom. The largest absolute Gasteiger partial charge is 0.444 e. The SMILES string of the molecule is CC(C)(C)OC(=O)N1CCC(NC(=O)NC(=O)C2=CCCC=C2)CC1. The quantitative estimate of drug-likeness (QED) is 0.802. The van der Waals surface area contributed by atoms with Gasteiger partial charge in [-0.05, 0) is 46.5 Å². The fourth-order valence-corrected chi connectivity index (χ4v) is 2.71. The van der Waals surface area contributed by atoms with Crippen LogP contribution in [0.2, 0.25) is 0 Å². The van der Waals surface area contributed by atoms with Crippen LogP contribution in [-0.4, -0.2) is 47.7 Å². The van der Waals surface area contributed by atoms with Crippen molar-refractivity contribution in [2.75, 3.05) is 13.1 Å². The van der Waals surface area contributed by atoms with Crippen LogP contribution < -0.4 is 10.6 Å². The van der Waals surface area contributed by atoms with Gasteiger partial charge in [-0.25, -0.2) is 9.59 Å². The fourth-order valence-electron chi connectivity index (χ4n) is 2.71. The highest BCUT2D eigenvalue weighted by Gasteiger charge is 2.27. The van der Waals surface area contributed by atoms with Crippen molar-refractivity contribution in [1.82, 2.24) is 15.5 Å². The molecule has 138 valence electrons. The van der Waals surface area contributed by atoms with Crippen LogP contribution >= 0.6 is 0 Å². The average Bonchev–Trinajstić information content (AvgIpc) is 2.54. The number of hydrogen-bond acceptors (Lipinski definition) is 4. The van der Waals surface area contributed by atoms with Crippen molar-refractivity contribution < 1.29 is 19.1 Å². The number of piperidine rings is 1. The first-order valence-electron chi connectivity index (χ1n) is 8.71. The van der Waals surface area contributed by atoms with Crippen molar-refractivity contribution in [3.8, 4) is 0 Å². The Hall–Kier alpha value is -2.31. The molecule has 7 heteroatoms. The van der Waals surface area contributed by atoms with E-state index >= 15 is 0 Å². The zero-order valence-corrected chi connectivity index (χ0v) is 15.1. The predicted molar refractivity (Wildman–Crippen MR) is 94.0 cm³/mol. The number of nitrogens with zero attached hydrogens (tertiary/aromatic N) is 1. The Bertz CT molecular complexity index is 582. The summed E-state index contributed by atoms with van der Waals surface area (Å²) in [7, 11) is 0. The number of likely N-dealkylation sites (tertiary alicyclic amines) is 1. The Balaban J connectivity index is 1.73. The lowest BCUT2D eigenvalue weighted by molar-refractivity contribution is -0.116. The van der Waals surface area contributed by atoms with E-state index in [9.17, 15) is 14.4 Å². The van der Waals surface area contributed by atoms with Crippen molar-refractivity contribution >= 4 is 18.0 Å². The number of hydrogen-bond donors (Lipinski definition) is 2. The Morgan fingerprint density at radius 3 is 2.40 bits per heavy atom. The summed E-state index contributed by atoms with van der Waals surface area (Å²) in [6, 6.07) is -0.567. The number of rotatable bonds is 2. The van der Waals surface area contributed by atoms with E-state index in [1.807, 2.05) is 32.9 Å². The minimum Gasteiger partial charge on any atom is -0.444 e. The molecule has 0 aromatic heterocycles. The number of nitrogens with one attached hydrogen (secondary N) is 2. The highest BCUT2D eigenvalue weighted by molar-refractivity contribution is 6.05. The highest BCUT2D eigenvalue weighted by Crippen LogP contribution is 2.15. The third-order valence-electron chi connectivity index (χ3n) is 3.97. The van der Waals surface area contributed by atoms with E-state index in [1.165, 1.54) is 0 Å². The maximum Gasteiger partial charge on any atom is 0.410 e. The standard InChI is InChI=1S/C18H27N3O4/c1-18(2,3)25-17(24)21-11-9-14(10-12-21)19-16(23)20-15(22)13-7-5-4-6-8-13/h5,7-8,14H,4,6,9-12H2,1-3H3,(H2,19,20,22,23). The van der Waals surface area contributed by atoms with Crippen molar-refractivity contribution in [2.24, 2.45) is 0 Å². The summed E-state index contributed by atoms with van der Waals surface area (Å²) in [4.78, 5) is 37.6. The topological polar surface area (TPSA) is 87.7 Å². The molecule has 7 nitrogen and oxygen atoms in total. The first-order valence-corrected chi connectivity index (χ1v) is 8.71. The molecule has 4 amide bonds. The summed E-state index contributed by atoms with van der Waals surface area (Å²) in [6.07, 6.45) is 8.12. The first-order chi connectivity index (χ1) is 11.7. The van der Waals surface area contributed by atoms with Crippen LogP contribution in [0.4, 0.5) is 9.59 Å². The van der Waals surface area contributed by atoms with Crippen molar-refractivity contribution in [1.29, 1.82) is 0 Å². The molecule has 0 radical (unpaired) electrons. The summed E-state index contributed by atoms with van der Waals surface area (Å²) >= 11 is 0. The number of amides is 4. The minimum atomic E-state index is -0.519. The van der Waals surface area contributed by atoms with Gasteiger partial charge >= 0.3 is 12.1 Å². The van der Waals surface area contributed by atoms with Gasteiger partial charge in [0, 0.05) is 24.7 Å². The Labute approximate surface area is 148 Å². The molecule has 25 heavy (non-hydrogen) atoms. The number of carbonyl (C=O) groups excluding carboxylic acids is 3. The molecule has 1 heterocycles. The molecule has 1 saturated heterocycles. The average molecular weight is 349 g/mol. The van der Waals surface area contributed by atoms with E-state index in [2.05, 4.69) is 10.6 Å². The van der Waals surface area contributed by atoms with Gasteiger partial charge in [-0.3, -0.25) is 10.1 Å². The summed E-state index contributed by atoms with van der Waals surface area (Å²) in [5.74, 6) is -0.389. The zero-order chi connectivity index (χ0) is 18.4. The van der Waals surface area contributed by atoms with Crippen molar-refractivity contribution in [2.45, 2.75) is 58.1 Å². The van der Waals surface area contributed by atoms with Gasteiger partial charge in [0.1, 0.15) is 5.60 Å². The van der Waals surface area contributed by atoms with E-state index in [-0.39, 0.29) is 18.0 Å². The van der Waals surface area contributed by atoms with Crippen molar-refractivity contribution in [3.05, 3.63) is 23.8 Å². The second-order valence-corrected chi connectivity index (χ2v) is 7.31. The van der Waals surface area contributed by atoms with E-state index in [0.717, 1.165) is 12.8 Å². The van der Waals surface area contributed by atoms with Crippen LogP contribution in [0.15, 0.2) is 23.8 Å². The molecule has 0 aromatic rings. The molecule has 0 unspecified atom stereocenters. The van der Waals surface area contributed by atoms with Crippen LogP contribution in [0.5, 0.6) is 0 Å². The lowest BCUT2D eigenvalue weighted by Gasteiger charge is -2.33. The molecular formula is C18H27N3O4. The fraction of sp³-hybridized carbons (Fsp3) is 0.611. The molecule has 0 saturated carbocycles. The van der Waals surface area contributed by atoms with E-state index in [1.54, 1.807) is 11.0 Å². The van der Waals surface area contributed by atoms with E-state index < -0.39 is 11.6 Å². The molecule has 0 atom stereocenters. The van der Waals surface area contributed by atoms with Gasteiger partial charge in [-0.1, -0.05) is 18.2 Å². The van der Waals surface area contributed by atoms with Crippen LogP contribution in [0.1, 0.15) is 46.5 Å². The van der Waals surface area contributed by atoms with Gasteiger partial charge in [0.25, 0.3) is 5.91 Å². The van der Waals surface area contributed by atoms with Crippen LogP contribution in [0, 0.1) is 0 Å². The third-order valence-corrected chi connectivity index (χ3v) is 3.97. The maximum atomic E-state index is 12.0. The maximum absolute atomic E-state index is 12.0. The van der Waals surface area contributed by atoms with Gasteiger partial charge in [-0.2, -0.15) is 0 Å². The number of urea groups is 1. The number of carbonyl (C=O) groups is 3. The van der Waals surface area contributed by atoms with Gasteiger partial charge in [0.2, 0.25) is 0 Å². The van der Waals surface area contributed by atoms with Gasteiger partial charge < -0.3 is 15.0 Å². The lowest BCUT2D eigenvalue weighted by Crippen LogP contribution is -2.50. The molecule has 0 aromatic carbocycles. The van der Waals surface area contributed by atoms with Gasteiger partial charge in [0.15, 0.2) is 0 Å². The molecule has 2 rings (SSSR count). The van der Waals surface area contributed by atoms with Crippen LogP contribution in [0.25, 0.3) is 0 Å². The zero-order valence-electron chi connectivity index (χ0n) is 15.1. The number of ether oxygens (including phenoxy) is 1. The molecule has 0 spiro atoms. The van der Waals surface area contributed by atoms with E-state index in [0.29, 0.717) is 31.5 Å². The third kappa shape index (κ3) is 6.25. The van der Waals surface area contributed by atoms with Crippen LogP contribution in [-0.2, 0) is 9.53 Å². The van der Waals surface area contributed by atoms with Crippen LogP contribution in [0.3, 0.4) is 0 Å². The normalized spacial score (nSPS) is 18.4. The van der Waals surface area contributed by atoms with E-state index in [4.69, 9.17) is 4.74 Å². The summed E-state index contributed by atoms with van der Waals surface area (Å²) in [5.41, 5.74) is -0.00422. The summed E-state index contributed by atoms with van der Waals surface area (Å²) < 4.78 is 5.34. The predicted octanol–water partition coefficient (Wildman–Crippen LogP) is 2.49. The second kappa shape index (κ2) is 8.18. The molecule has 2 aliphatic rings.